The number of hydrogen-bond donors (Lipinski definition) is 2. The molecule has 1 aliphatic rings. The second-order valence-electron chi connectivity index (χ2n) is 4.35. The van der Waals surface area contributed by atoms with Crippen molar-refractivity contribution < 1.29 is 24.5 Å². The number of carbonyl (C=O) groups excluding carboxylic acids is 1. The largest absolute Gasteiger partial charge is 0.504 e. The minimum Gasteiger partial charge on any atom is -0.504 e. The fraction of sp³-hybridized carbons (Fsp3) is 0.385. The van der Waals surface area contributed by atoms with Crippen LogP contribution in [0.5, 0.6) is 11.5 Å². The van der Waals surface area contributed by atoms with E-state index in [9.17, 15) is 14.7 Å². The highest BCUT2D eigenvalue weighted by Gasteiger charge is 2.35. The first-order chi connectivity index (χ1) is 9.06. The number of carboxylic acid groups (broad SMARTS) is 1. The average molecular weight is 265 g/mol. The molecule has 102 valence electrons. The van der Waals surface area contributed by atoms with E-state index in [2.05, 4.69) is 0 Å². The van der Waals surface area contributed by atoms with E-state index in [1.54, 1.807) is 6.07 Å². The van der Waals surface area contributed by atoms with Crippen molar-refractivity contribution in [2.24, 2.45) is 0 Å². The van der Waals surface area contributed by atoms with Crippen LogP contribution in [-0.4, -0.2) is 46.7 Å². The summed E-state index contributed by atoms with van der Waals surface area (Å²) in [6.45, 7) is 0.381. The molecule has 19 heavy (non-hydrogen) atoms. The van der Waals surface area contributed by atoms with E-state index < -0.39 is 17.9 Å². The first-order valence-electron chi connectivity index (χ1n) is 5.96. The predicted octanol–water partition coefficient (Wildman–Crippen LogP) is 1.09. The van der Waals surface area contributed by atoms with Gasteiger partial charge in [0.15, 0.2) is 11.5 Å². The van der Waals surface area contributed by atoms with Crippen LogP contribution >= 0.6 is 0 Å². The third-order valence-electron chi connectivity index (χ3n) is 3.25. The van der Waals surface area contributed by atoms with E-state index >= 15 is 0 Å². The van der Waals surface area contributed by atoms with Gasteiger partial charge in [-0.3, -0.25) is 4.79 Å². The number of rotatable bonds is 3. The fourth-order valence-electron chi connectivity index (χ4n) is 2.28. The molecule has 0 aliphatic carbocycles. The summed E-state index contributed by atoms with van der Waals surface area (Å²) in [7, 11) is 1.39. The van der Waals surface area contributed by atoms with Crippen LogP contribution < -0.4 is 4.74 Å². The maximum Gasteiger partial charge on any atom is 0.326 e. The molecule has 1 aromatic carbocycles. The lowest BCUT2D eigenvalue weighted by Crippen LogP contribution is -2.40. The maximum absolute atomic E-state index is 12.3. The topological polar surface area (TPSA) is 87.1 Å². The lowest BCUT2D eigenvalue weighted by molar-refractivity contribution is -0.141. The Morgan fingerprint density at radius 1 is 1.42 bits per heavy atom. The SMILES string of the molecule is COc1cccc(C(=O)N2CCCC2C(=O)O)c1O. The van der Waals surface area contributed by atoms with Crippen molar-refractivity contribution in [3.05, 3.63) is 23.8 Å². The highest BCUT2D eigenvalue weighted by Crippen LogP contribution is 2.31. The number of ether oxygens (including phenoxy) is 1. The number of phenols is 1. The first-order valence-corrected chi connectivity index (χ1v) is 5.96. The molecule has 2 N–H and O–H groups in total. The van der Waals surface area contributed by atoms with Crippen LogP contribution in [0.3, 0.4) is 0 Å². The minimum absolute atomic E-state index is 0.0625. The number of hydrogen-bond acceptors (Lipinski definition) is 4. The molecule has 1 heterocycles. The molecule has 1 fully saturated rings. The molecule has 1 aliphatic heterocycles. The van der Waals surface area contributed by atoms with Crippen LogP contribution in [-0.2, 0) is 4.79 Å². The lowest BCUT2D eigenvalue weighted by Gasteiger charge is -2.22. The van der Waals surface area contributed by atoms with Crippen LogP contribution in [0, 0.1) is 0 Å². The van der Waals surface area contributed by atoms with Crippen molar-refractivity contribution in [2.45, 2.75) is 18.9 Å². The molecular weight excluding hydrogens is 250 g/mol. The molecule has 2 rings (SSSR count). The van der Waals surface area contributed by atoms with Gasteiger partial charge < -0.3 is 19.8 Å². The monoisotopic (exact) mass is 265 g/mol. The van der Waals surface area contributed by atoms with E-state index in [1.807, 2.05) is 0 Å². The van der Waals surface area contributed by atoms with Crippen LogP contribution in [0.2, 0.25) is 0 Å². The van der Waals surface area contributed by atoms with Crippen molar-refractivity contribution in [3.8, 4) is 11.5 Å². The number of amides is 1. The number of benzene rings is 1. The third-order valence-corrected chi connectivity index (χ3v) is 3.25. The Morgan fingerprint density at radius 2 is 2.16 bits per heavy atom. The van der Waals surface area contributed by atoms with Gasteiger partial charge in [-0.05, 0) is 25.0 Å². The normalized spacial score (nSPS) is 18.4. The molecule has 0 saturated carbocycles. The lowest BCUT2D eigenvalue weighted by atomic mass is 10.1. The Balaban J connectivity index is 2.32. The zero-order valence-electron chi connectivity index (χ0n) is 10.5. The highest BCUT2D eigenvalue weighted by molar-refractivity contribution is 5.99. The number of aromatic hydroxyl groups is 1. The quantitative estimate of drug-likeness (QED) is 0.854. The summed E-state index contributed by atoms with van der Waals surface area (Å²) in [6, 6.07) is 3.75. The van der Waals surface area contributed by atoms with Gasteiger partial charge in [-0.1, -0.05) is 6.07 Å². The standard InChI is InChI=1S/C13H15NO5/c1-19-10-6-2-4-8(11(10)15)12(16)14-7-3-5-9(14)13(17)18/h2,4,6,9,15H,3,5,7H2,1H3,(H,17,18). The molecule has 0 radical (unpaired) electrons. The molecule has 1 atom stereocenters. The smallest absolute Gasteiger partial charge is 0.326 e. The predicted molar refractivity (Wildman–Crippen MR) is 66.4 cm³/mol. The third kappa shape index (κ3) is 2.33. The van der Waals surface area contributed by atoms with Crippen molar-refractivity contribution in [3.63, 3.8) is 0 Å². The highest BCUT2D eigenvalue weighted by atomic mass is 16.5. The zero-order valence-corrected chi connectivity index (χ0v) is 10.5. The first kappa shape index (κ1) is 13.2. The van der Waals surface area contributed by atoms with Crippen LogP contribution in [0.25, 0.3) is 0 Å². The number of methoxy groups -OCH3 is 1. The van der Waals surface area contributed by atoms with Crippen molar-refractivity contribution >= 4 is 11.9 Å². The molecule has 6 heteroatoms. The van der Waals surface area contributed by atoms with Gasteiger partial charge in [0.2, 0.25) is 0 Å². The number of carboxylic acids is 1. The molecule has 1 amide bonds. The second kappa shape index (κ2) is 5.17. The molecule has 0 aromatic heterocycles. The number of aliphatic carboxylic acids is 1. The summed E-state index contributed by atoms with van der Waals surface area (Å²) in [6.07, 6.45) is 1.08. The maximum atomic E-state index is 12.3. The molecule has 1 saturated heterocycles. The van der Waals surface area contributed by atoms with Gasteiger partial charge in [-0.25, -0.2) is 4.79 Å². The van der Waals surface area contributed by atoms with E-state index in [-0.39, 0.29) is 17.1 Å². The number of nitrogens with zero attached hydrogens (tertiary/aromatic N) is 1. The summed E-state index contributed by atoms with van der Waals surface area (Å²) in [5, 5.41) is 19.0. The van der Waals surface area contributed by atoms with Gasteiger partial charge >= 0.3 is 5.97 Å². The summed E-state index contributed by atoms with van der Waals surface area (Å²) in [5.74, 6) is -1.57. The van der Waals surface area contributed by atoms with Crippen LogP contribution in [0.15, 0.2) is 18.2 Å². The number of phenolic OH excluding ortho intramolecular Hbond substituents is 1. The summed E-state index contributed by atoms with van der Waals surface area (Å²) < 4.78 is 4.94. The van der Waals surface area contributed by atoms with E-state index in [0.29, 0.717) is 19.4 Å². The minimum atomic E-state index is -1.02. The Bertz CT molecular complexity index is 514. The molecule has 0 bridgehead atoms. The molecular formula is C13H15NO5. The van der Waals surface area contributed by atoms with Gasteiger partial charge in [0, 0.05) is 6.54 Å². The molecule has 0 spiro atoms. The molecule has 6 nitrogen and oxygen atoms in total. The zero-order chi connectivity index (χ0) is 14.0. The Kier molecular flexibility index (Phi) is 3.59. The van der Waals surface area contributed by atoms with E-state index in [4.69, 9.17) is 9.84 Å². The van der Waals surface area contributed by atoms with Gasteiger partial charge in [-0.2, -0.15) is 0 Å². The Hall–Kier alpha value is -2.24. The second-order valence-corrected chi connectivity index (χ2v) is 4.35. The van der Waals surface area contributed by atoms with E-state index in [0.717, 1.165) is 0 Å². The molecule has 1 aromatic rings. The van der Waals surface area contributed by atoms with Crippen LogP contribution in [0.1, 0.15) is 23.2 Å². The van der Waals surface area contributed by atoms with Gasteiger partial charge in [0.25, 0.3) is 5.91 Å². The van der Waals surface area contributed by atoms with Gasteiger partial charge in [0.1, 0.15) is 6.04 Å². The average Bonchev–Trinajstić information content (AvgIpc) is 2.87. The number of likely N-dealkylation sites (tertiary alicyclic amines) is 1. The Morgan fingerprint density at radius 3 is 2.79 bits per heavy atom. The summed E-state index contributed by atoms with van der Waals surface area (Å²) in [4.78, 5) is 24.6. The molecule has 1 unspecified atom stereocenters. The number of para-hydroxylation sites is 1. The number of carbonyl (C=O) groups is 2. The van der Waals surface area contributed by atoms with Gasteiger partial charge in [-0.15, -0.1) is 0 Å². The van der Waals surface area contributed by atoms with E-state index in [1.165, 1.54) is 24.1 Å². The Labute approximate surface area is 110 Å². The fourth-order valence-corrected chi connectivity index (χ4v) is 2.28. The van der Waals surface area contributed by atoms with Crippen molar-refractivity contribution in [2.75, 3.05) is 13.7 Å². The van der Waals surface area contributed by atoms with Crippen molar-refractivity contribution in [1.82, 2.24) is 4.90 Å². The van der Waals surface area contributed by atoms with Crippen LogP contribution in [0.4, 0.5) is 0 Å². The summed E-state index contributed by atoms with van der Waals surface area (Å²) in [5.41, 5.74) is 0.0625. The summed E-state index contributed by atoms with van der Waals surface area (Å²) >= 11 is 0. The van der Waals surface area contributed by atoms with Gasteiger partial charge in [0.05, 0.1) is 12.7 Å². The van der Waals surface area contributed by atoms with Crippen molar-refractivity contribution in [1.29, 1.82) is 0 Å².